The number of nitrogens with zero attached hydrogens (tertiary/aromatic N) is 3. The van der Waals surface area contributed by atoms with Gasteiger partial charge in [0.05, 0.1) is 17.4 Å². The van der Waals surface area contributed by atoms with E-state index in [0.29, 0.717) is 5.56 Å². The summed E-state index contributed by atoms with van der Waals surface area (Å²) in [5.74, 6) is -1.39. The molecule has 6 nitrogen and oxygen atoms in total. The van der Waals surface area contributed by atoms with Gasteiger partial charge in [0.25, 0.3) is 5.91 Å². The molecule has 0 radical (unpaired) electrons. The van der Waals surface area contributed by atoms with Crippen LogP contribution < -0.4 is 0 Å². The van der Waals surface area contributed by atoms with Crippen molar-refractivity contribution >= 4 is 27.8 Å². The van der Waals surface area contributed by atoms with Gasteiger partial charge in [-0.1, -0.05) is 22.0 Å². The molecule has 0 aliphatic carbocycles. The molecule has 116 valence electrons. The van der Waals surface area contributed by atoms with Gasteiger partial charge in [0.1, 0.15) is 6.54 Å². The topological polar surface area (TPSA) is 75.4 Å². The van der Waals surface area contributed by atoms with Crippen LogP contribution in [0.15, 0.2) is 41.1 Å². The molecule has 1 aromatic carbocycles. The Morgan fingerprint density at radius 2 is 2.14 bits per heavy atom. The lowest BCUT2D eigenvalue weighted by Gasteiger charge is -2.24. The van der Waals surface area contributed by atoms with Gasteiger partial charge in [-0.15, -0.1) is 0 Å². The molecule has 0 aliphatic heterocycles. The predicted octanol–water partition coefficient (Wildman–Crippen LogP) is 2.57. The van der Waals surface area contributed by atoms with Crippen molar-refractivity contribution < 1.29 is 14.7 Å². The molecule has 2 aromatic rings. The van der Waals surface area contributed by atoms with E-state index < -0.39 is 5.97 Å². The number of carboxylic acids is 1. The summed E-state index contributed by atoms with van der Waals surface area (Å²) in [6.07, 6.45) is 3.04. The van der Waals surface area contributed by atoms with E-state index in [9.17, 15) is 9.59 Å². The average Bonchev–Trinajstić information content (AvgIpc) is 2.93. The van der Waals surface area contributed by atoms with E-state index in [1.807, 2.05) is 24.3 Å². The van der Waals surface area contributed by atoms with E-state index >= 15 is 0 Å². The summed E-state index contributed by atoms with van der Waals surface area (Å²) >= 11 is 3.38. The Labute approximate surface area is 136 Å². The van der Waals surface area contributed by atoms with Gasteiger partial charge < -0.3 is 10.0 Å². The van der Waals surface area contributed by atoms with Crippen LogP contribution in [0.5, 0.6) is 0 Å². The third-order valence-electron chi connectivity index (χ3n) is 3.09. The van der Waals surface area contributed by atoms with Gasteiger partial charge in [0.2, 0.25) is 0 Å². The summed E-state index contributed by atoms with van der Waals surface area (Å²) in [7, 11) is 0. The molecule has 0 bridgehead atoms. The summed E-state index contributed by atoms with van der Waals surface area (Å²) in [5.41, 5.74) is 1.16. The minimum Gasteiger partial charge on any atom is -0.480 e. The highest BCUT2D eigenvalue weighted by Gasteiger charge is 2.22. The van der Waals surface area contributed by atoms with E-state index in [4.69, 9.17) is 5.11 Å². The number of amides is 1. The van der Waals surface area contributed by atoms with E-state index in [0.717, 1.165) is 10.2 Å². The van der Waals surface area contributed by atoms with Gasteiger partial charge in [-0.25, -0.2) is 4.68 Å². The highest BCUT2D eigenvalue weighted by atomic mass is 79.9. The smallest absolute Gasteiger partial charge is 0.323 e. The number of rotatable bonds is 5. The van der Waals surface area contributed by atoms with E-state index in [1.165, 1.54) is 11.1 Å². The standard InChI is InChI=1S/C15H16BrN3O3/c1-10(2)18(9-14(20)21)15(22)11-7-17-19(8-11)13-5-3-4-12(16)6-13/h3-8,10H,9H2,1-2H3,(H,20,21). The fourth-order valence-corrected chi connectivity index (χ4v) is 2.38. The van der Waals surface area contributed by atoms with Crippen LogP contribution in [0.2, 0.25) is 0 Å². The Bertz CT molecular complexity index is 697. The van der Waals surface area contributed by atoms with Crippen molar-refractivity contribution in [2.24, 2.45) is 0 Å². The Hall–Kier alpha value is -2.15. The Balaban J connectivity index is 2.26. The van der Waals surface area contributed by atoms with E-state index in [-0.39, 0.29) is 18.5 Å². The molecule has 22 heavy (non-hydrogen) atoms. The fraction of sp³-hybridized carbons (Fsp3) is 0.267. The number of carbonyl (C=O) groups is 2. The zero-order valence-corrected chi connectivity index (χ0v) is 13.8. The summed E-state index contributed by atoms with van der Waals surface area (Å²) in [5, 5.41) is 13.1. The van der Waals surface area contributed by atoms with Crippen molar-refractivity contribution in [2.75, 3.05) is 6.54 Å². The van der Waals surface area contributed by atoms with Gasteiger partial charge in [0.15, 0.2) is 0 Å². The van der Waals surface area contributed by atoms with Gasteiger partial charge in [-0.2, -0.15) is 5.10 Å². The van der Waals surface area contributed by atoms with Crippen LogP contribution in [-0.2, 0) is 4.79 Å². The molecule has 7 heteroatoms. The first kappa shape index (κ1) is 16.2. The van der Waals surface area contributed by atoms with Crippen molar-refractivity contribution in [1.29, 1.82) is 0 Å². The van der Waals surface area contributed by atoms with Crippen LogP contribution in [0.4, 0.5) is 0 Å². The molecule has 1 amide bonds. The highest BCUT2D eigenvalue weighted by molar-refractivity contribution is 9.10. The molecule has 0 aliphatic rings. The van der Waals surface area contributed by atoms with Crippen molar-refractivity contribution in [3.8, 4) is 5.69 Å². The Morgan fingerprint density at radius 3 is 2.73 bits per heavy atom. The fourth-order valence-electron chi connectivity index (χ4n) is 1.99. The maximum Gasteiger partial charge on any atom is 0.323 e. The van der Waals surface area contributed by atoms with Crippen LogP contribution >= 0.6 is 15.9 Å². The van der Waals surface area contributed by atoms with Gasteiger partial charge in [-0.05, 0) is 32.0 Å². The normalized spacial score (nSPS) is 10.7. The number of aliphatic carboxylic acids is 1. The van der Waals surface area contributed by atoms with Crippen molar-refractivity contribution in [3.05, 3.63) is 46.7 Å². The molecule has 0 fully saturated rings. The molecule has 1 heterocycles. The summed E-state index contributed by atoms with van der Waals surface area (Å²) in [6, 6.07) is 7.29. The number of benzene rings is 1. The summed E-state index contributed by atoms with van der Waals surface area (Å²) in [6.45, 7) is 3.22. The molecule has 1 N–H and O–H groups in total. The lowest BCUT2D eigenvalue weighted by Crippen LogP contribution is -2.40. The lowest BCUT2D eigenvalue weighted by atomic mass is 10.2. The first-order chi connectivity index (χ1) is 10.4. The van der Waals surface area contributed by atoms with Crippen LogP contribution in [0.25, 0.3) is 5.69 Å². The molecule has 0 unspecified atom stereocenters. The molecule has 0 atom stereocenters. The van der Waals surface area contributed by atoms with Crippen molar-refractivity contribution in [3.63, 3.8) is 0 Å². The number of aromatic nitrogens is 2. The Morgan fingerprint density at radius 1 is 1.41 bits per heavy atom. The maximum absolute atomic E-state index is 12.4. The van der Waals surface area contributed by atoms with Gasteiger partial charge in [-0.3, -0.25) is 9.59 Å². The number of carboxylic acid groups (broad SMARTS) is 1. The first-order valence-electron chi connectivity index (χ1n) is 6.72. The summed E-state index contributed by atoms with van der Waals surface area (Å²) < 4.78 is 2.49. The monoisotopic (exact) mass is 365 g/mol. The molecular formula is C15H16BrN3O3. The molecule has 0 saturated heterocycles. The molecule has 1 aromatic heterocycles. The number of hydrogen-bond donors (Lipinski definition) is 1. The molecule has 0 spiro atoms. The lowest BCUT2D eigenvalue weighted by molar-refractivity contribution is -0.138. The quantitative estimate of drug-likeness (QED) is 0.883. The predicted molar refractivity (Wildman–Crippen MR) is 85.1 cm³/mol. The van der Waals surface area contributed by atoms with Crippen molar-refractivity contribution in [2.45, 2.75) is 19.9 Å². The van der Waals surface area contributed by atoms with Gasteiger partial charge in [0, 0.05) is 16.7 Å². The first-order valence-corrected chi connectivity index (χ1v) is 7.51. The minimum absolute atomic E-state index is 0.210. The zero-order chi connectivity index (χ0) is 16.3. The second-order valence-electron chi connectivity index (χ2n) is 5.07. The number of carbonyl (C=O) groups excluding carboxylic acids is 1. The van der Waals surface area contributed by atoms with Crippen LogP contribution in [0, 0.1) is 0 Å². The zero-order valence-electron chi connectivity index (χ0n) is 12.2. The highest BCUT2D eigenvalue weighted by Crippen LogP contribution is 2.16. The van der Waals surface area contributed by atoms with Crippen LogP contribution in [-0.4, -0.2) is 44.3 Å². The van der Waals surface area contributed by atoms with Crippen molar-refractivity contribution in [1.82, 2.24) is 14.7 Å². The van der Waals surface area contributed by atoms with Crippen LogP contribution in [0.1, 0.15) is 24.2 Å². The second kappa shape index (κ2) is 6.74. The largest absolute Gasteiger partial charge is 0.480 e. The molecular weight excluding hydrogens is 350 g/mol. The van der Waals surface area contributed by atoms with Crippen LogP contribution in [0.3, 0.4) is 0 Å². The number of hydrogen-bond acceptors (Lipinski definition) is 3. The molecule has 2 rings (SSSR count). The third-order valence-corrected chi connectivity index (χ3v) is 3.59. The van der Waals surface area contributed by atoms with E-state index in [2.05, 4.69) is 21.0 Å². The number of halogens is 1. The maximum atomic E-state index is 12.4. The summed E-state index contributed by atoms with van der Waals surface area (Å²) in [4.78, 5) is 24.6. The third kappa shape index (κ3) is 3.73. The van der Waals surface area contributed by atoms with Gasteiger partial charge >= 0.3 is 5.97 Å². The minimum atomic E-state index is -1.04. The van der Waals surface area contributed by atoms with E-state index in [1.54, 1.807) is 24.7 Å². The SMILES string of the molecule is CC(C)N(CC(=O)O)C(=O)c1cnn(-c2cccc(Br)c2)c1. The Kier molecular flexibility index (Phi) is 4.97. The molecule has 0 saturated carbocycles. The second-order valence-corrected chi connectivity index (χ2v) is 5.99. The average molecular weight is 366 g/mol.